The number of aliphatic carboxylic acids is 1. The number of hydrogen-bond acceptors (Lipinski definition) is 3. The van der Waals surface area contributed by atoms with E-state index in [1.807, 2.05) is 0 Å². The summed E-state index contributed by atoms with van der Waals surface area (Å²) < 4.78 is 0.576. The fourth-order valence-electron chi connectivity index (χ4n) is 0.772. The predicted molar refractivity (Wildman–Crippen MR) is 57.7 cm³/mol. The van der Waals surface area contributed by atoms with Gasteiger partial charge in [0.05, 0.1) is 6.54 Å². The Labute approximate surface area is 95.5 Å². The Bertz CT molecular complexity index is 257. The van der Waals surface area contributed by atoms with Crippen molar-refractivity contribution in [2.24, 2.45) is 0 Å². The summed E-state index contributed by atoms with van der Waals surface area (Å²) in [6, 6.07) is -1.70. The third kappa shape index (κ3) is 6.92. The van der Waals surface area contributed by atoms with Crippen LogP contribution in [0.2, 0.25) is 0 Å². The molecule has 0 aliphatic rings. The Hall–Kier alpha value is -1.08. The molecule has 86 valence electrons. The van der Waals surface area contributed by atoms with Crippen molar-refractivity contribution in [3.05, 3.63) is 11.1 Å². The summed E-state index contributed by atoms with van der Waals surface area (Å²) >= 11 is 3.04. The lowest BCUT2D eigenvalue weighted by molar-refractivity contribution is -0.139. The van der Waals surface area contributed by atoms with E-state index < -0.39 is 18.0 Å². The molecule has 4 N–H and O–H groups in total. The first kappa shape index (κ1) is 13.9. The molecule has 0 aromatic rings. The van der Waals surface area contributed by atoms with Gasteiger partial charge in [-0.15, -0.1) is 0 Å². The van der Waals surface area contributed by atoms with Crippen LogP contribution >= 0.6 is 15.9 Å². The van der Waals surface area contributed by atoms with Gasteiger partial charge in [-0.05, 0) is 0 Å². The van der Waals surface area contributed by atoms with E-state index in [2.05, 4.69) is 33.1 Å². The van der Waals surface area contributed by atoms with Crippen molar-refractivity contribution in [2.75, 3.05) is 13.2 Å². The Balaban J connectivity index is 3.99. The van der Waals surface area contributed by atoms with E-state index in [1.54, 1.807) is 0 Å². The van der Waals surface area contributed by atoms with Crippen molar-refractivity contribution < 1.29 is 19.8 Å². The van der Waals surface area contributed by atoms with Crippen LogP contribution in [0.4, 0.5) is 4.79 Å². The first-order valence-electron chi connectivity index (χ1n) is 4.18. The topological polar surface area (TPSA) is 98.7 Å². The molecule has 0 fully saturated rings. The molecule has 0 saturated heterocycles. The van der Waals surface area contributed by atoms with Crippen molar-refractivity contribution in [2.45, 2.75) is 12.5 Å². The van der Waals surface area contributed by atoms with Crippen LogP contribution < -0.4 is 10.6 Å². The normalized spacial score (nSPS) is 11.6. The fraction of sp³-hybridized carbons (Fsp3) is 0.500. The van der Waals surface area contributed by atoms with Crippen molar-refractivity contribution in [3.8, 4) is 0 Å². The molecule has 1 atom stereocenters. The van der Waals surface area contributed by atoms with Crippen LogP contribution in [0, 0.1) is 0 Å². The zero-order valence-electron chi connectivity index (χ0n) is 7.99. The zero-order chi connectivity index (χ0) is 11.8. The number of aliphatic hydroxyl groups is 1. The van der Waals surface area contributed by atoms with Crippen molar-refractivity contribution >= 4 is 27.9 Å². The third-order valence-corrected chi connectivity index (χ3v) is 1.74. The summed E-state index contributed by atoms with van der Waals surface area (Å²) in [4.78, 5) is 21.7. The second kappa shape index (κ2) is 7.24. The van der Waals surface area contributed by atoms with E-state index in [9.17, 15) is 9.59 Å². The Kier molecular flexibility index (Phi) is 6.72. The molecule has 0 radical (unpaired) electrons. The molecule has 0 bridgehead atoms. The molecule has 0 aromatic heterocycles. The van der Waals surface area contributed by atoms with Crippen LogP contribution in [0.5, 0.6) is 0 Å². The molecule has 0 rings (SSSR count). The number of aliphatic hydroxyl groups excluding tert-OH is 1. The average Bonchev–Trinajstić information content (AvgIpc) is 2.14. The minimum absolute atomic E-state index is 0.0297. The summed E-state index contributed by atoms with van der Waals surface area (Å²) in [5.41, 5.74) is 0. The van der Waals surface area contributed by atoms with E-state index in [0.717, 1.165) is 0 Å². The number of carboxylic acid groups (broad SMARTS) is 1. The van der Waals surface area contributed by atoms with Gasteiger partial charge in [0.1, 0.15) is 6.04 Å². The van der Waals surface area contributed by atoms with Gasteiger partial charge in [-0.25, -0.2) is 9.59 Å². The SMILES string of the molecule is C=C(Br)CNC(=O)N[C@H](CCO)C(=O)O. The lowest BCUT2D eigenvalue weighted by Gasteiger charge is -2.13. The molecular formula is C8H13BrN2O4. The lowest BCUT2D eigenvalue weighted by atomic mass is 10.2. The Morgan fingerprint density at radius 1 is 1.47 bits per heavy atom. The Morgan fingerprint density at radius 3 is 2.47 bits per heavy atom. The average molecular weight is 281 g/mol. The van der Waals surface area contributed by atoms with Crippen LogP contribution in [0.1, 0.15) is 6.42 Å². The minimum atomic E-state index is -1.18. The summed E-state index contributed by atoms with van der Waals surface area (Å²) in [5.74, 6) is -1.18. The molecule has 0 saturated carbocycles. The highest BCUT2D eigenvalue weighted by Gasteiger charge is 2.18. The molecule has 2 amide bonds. The molecular weight excluding hydrogens is 268 g/mol. The van der Waals surface area contributed by atoms with Crippen LogP contribution in [-0.4, -0.2) is 41.4 Å². The summed E-state index contributed by atoms with van der Waals surface area (Å²) in [6.07, 6.45) is -0.0297. The van der Waals surface area contributed by atoms with Crippen LogP contribution in [0.25, 0.3) is 0 Å². The largest absolute Gasteiger partial charge is 0.480 e. The molecule has 0 aromatic carbocycles. The molecule has 0 heterocycles. The highest BCUT2D eigenvalue weighted by atomic mass is 79.9. The third-order valence-electron chi connectivity index (χ3n) is 1.46. The Morgan fingerprint density at radius 2 is 2.07 bits per heavy atom. The van der Waals surface area contributed by atoms with Gasteiger partial charge in [-0.1, -0.05) is 22.5 Å². The fourth-order valence-corrected chi connectivity index (χ4v) is 0.912. The summed E-state index contributed by atoms with van der Waals surface area (Å²) in [7, 11) is 0. The monoisotopic (exact) mass is 280 g/mol. The maximum absolute atomic E-state index is 11.1. The molecule has 0 spiro atoms. The van der Waals surface area contributed by atoms with Crippen LogP contribution in [0.3, 0.4) is 0 Å². The van der Waals surface area contributed by atoms with Gasteiger partial charge in [-0.2, -0.15) is 0 Å². The highest BCUT2D eigenvalue weighted by molar-refractivity contribution is 9.11. The maximum Gasteiger partial charge on any atom is 0.326 e. The second-order valence-electron chi connectivity index (χ2n) is 2.75. The van der Waals surface area contributed by atoms with E-state index in [0.29, 0.717) is 4.48 Å². The number of amides is 2. The number of carbonyl (C=O) groups is 2. The molecule has 0 aliphatic heterocycles. The number of halogens is 1. The highest BCUT2D eigenvalue weighted by Crippen LogP contribution is 1.97. The van der Waals surface area contributed by atoms with Gasteiger partial charge in [0, 0.05) is 17.5 Å². The number of nitrogens with one attached hydrogen (secondary N) is 2. The molecule has 0 unspecified atom stereocenters. The number of carbonyl (C=O) groups excluding carboxylic acids is 1. The van der Waals surface area contributed by atoms with Gasteiger partial charge in [0.2, 0.25) is 0 Å². The molecule has 6 nitrogen and oxygen atoms in total. The van der Waals surface area contributed by atoms with Crippen LogP contribution in [0.15, 0.2) is 11.1 Å². The molecule has 7 heteroatoms. The number of carboxylic acids is 1. The van der Waals surface area contributed by atoms with Gasteiger partial charge in [-0.3, -0.25) is 0 Å². The molecule has 15 heavy (non-hydrogen) atoms. The number of rotatable bonds is 6. The summed E-state index contributed by atoms with van der Waals surface area (Å²) in [6.45, 7) is 3.40. The predicted octanol–water partition coefficient (Wildman–Crippen LogP) is 0.0298. The maximum atomic E-state index is 11.1. The van der Waals surface area contributed by atoms with Crippen molar-refractivity contribution in [1.82, 2.24) is 10.6 Å². The standard InChI is InChI=1S/C8H13BrN2O4/c1-5(9)4-10-8(15)11-6(2-3-12)7(13)14/h6,12H,1-4H2,(H,13,14)(H2,10,11,15)/t6-/m1/s1. The van der Waals surface area contributed by atoms with Gasteiger partial charge in [0.25, 0.3) is 0 Å². The summed E-state index contributed by atoms with van der Waals surface area (Å²) in [5, 5.41) is 21.8. The first-order valence-corrected chi connectivity index (χ1v) is 4.98. The number of urea groups is 1. The second-order valence-corrected chi connectivity index (χ2v) is 3.87. The van der Waals surface area contributed by atoms with Crippen LogP contribution in [-0.2, 0) is 4.79 Å². The quantitative estimate of drug-likeness (QED) is 0.552. The first-order chi connectivity index (χ1) is 6.97. The minimum Gasteiger partial charge on any atom is -0.480 e. The van der Waals surface area contributed by atoms with Crippen molar-refractivity contribution in [3.63, 3.8) is 0 Å². The molecule has 0 aliphatic carbocycles. The van der Waals surface area contributed by atoms with E-state index in [4.69, 9.17) is 10.2 Å². The van der Waals surface area contributed by atoms with E-state index in [-0.39, 0.29) is 19.6 Å². The lowest BCUT2D eigenvalue weighted by Crippen LogP contribution is -2.46. The van der Waals surface area contributed by atoms with E-state index >= 15 is 0 Å². The smallest absolute Gasteiger partial charge is 0.326 e. The van der Waals surface area contributed by atoms with Gasteiger partial charge in [0.15, 0.2) is 0 Å². The van der Waals surface area contributed by atoms with E-state index in [1.165, 1.54) is 0 Å². The van der Waals surface area contributed by atoms with Crippen molar-refractivity contribution in [1.29, 1.82) is 0 Å². The zero-order valence-corrected chi connectivity index (χ0v) is 9.58. The van der Waals surface area contributed by atoms with Gasteiger partial charge < -0.3 is 20.8 Å². The van der Waals surface area contributed by atoms with Gasteiger partial charge >= 0.3 is 12.0 Å². The number of hydrogen-bond donors (Lipinski definition) is 4.